The van der Waals surface area contributed by atoms with Gasteiger partial charge in [-0.15, -0.1) is 0 Å². The SMILES string of the molecule is CC.Cc1cnc(-c2ccc(C3CCC(C)CC3)cc2)nc1. The lowest BCUT2D eigenvalue weighted by Crippen LogP contribution is -2.10. The summed E-state index contributed by atoms with van der Waals surface area (Å²) in [5, 5.41) is 0. The van der Waals surface area contributed by atoms with Gasteiger partial charge < -0.3 is 0 Å². The van der Waals surface area contributed by atoms with Crippen LogP contribution in [-0.4, -0.2) is 9.97 Å². The molecule has 2 nitrogen and oxygen atoms in total. The topological polar surface area (TPSA) is 25.8 Å². The van der Waals surface area contributed by atoms with Gasteiger partial charge in [0.2, 0.25) is 0 Å². The van der Waals surface area contributed by atoms with E-state index in [9.17, 15) is 0 Å². The van der Waals surface area contributed by atoms with E-state index in [0.717, 1.165) is 28.8 Å². The lowest BCUT2D eigenvalue weighted by molar-refractivity contribution is 0.348. The molecule has 1 aromatic carbocycles. The number of rotatable bonds is 2. The molecule has 0 spiro atoms. The summed E-state index contributed by atoms with van der Waals surface area (Å²) in [4.78, 5) is 8.78. The minimum absolute atomic E-state index is 0.749. The van der Waals surface area contributed by atoms with Crippen LogP contribution < -0.4 is 0 Å². The highest BCUT2D eigenvalue weighted by Crippen LogP contribution is 2.35. The first-order chi connectivity index (χ1) is 10.7. The maximum Gasteiger partial charge on any atom is 0.159 e. The third-order valence-corrected chi connectivity index (χ3v) is 4.44. The molecule has 0 amide bonds. The van der Waals surface area contributed by atoms with E-state index in [0.29, 0.717) is 0 Å². The maximum atomic E-state index is 4.39. The molecule has 0 radical (unpaired) electrons. The van der Waals surface area contributed by atoms with Crippen molar-refractivity contribution >= 4 is 0 Å². The van der Waals surface area contributed by atoms with Gasteiger partial charge in [0.05, 0.1) is 0 Å². The second-order valence-electron chi connectivity index (χ2n) is 6.16. The van der Waals surface area contributed by atoms with Crippen molar-refractivity contribution < 1.29 is 0 Å². The molecule has 1 aromatic heterocycles. The molecule has 1 aliphatic rings. The fraction of sp³-hybridized carbons (Fsp3) is 0.500. The van der Waals surface area contributed by atoms with Gasteiger partial charge in [0.25, 0.3) is 0 Å². The Bertz CT molecular complexity index is 549. The first-order valence-electron chi connectivity index (χ1n) is 8.61. The standard InChI is InChI=1S/C18H22N2.C2H6/c1-13-3-5-15(6-4-13)16-7-9-17(10-8-16)18-19-11-14(2)12-20-18;1-2/h7-13,15H,3-6H2,1-2H3;1-2H3. The molecule has 22 heavy (non-hydrogen) atoms. The van der Waals surface area contributed by atoms with Crippen LogP contribution in [0.4, 0.5) is 0 Å². The molecule has 0 unspecified atom stereocenters. The van der Waals surface area contributed by atoms with Crippen molar-refractivity contribution in [1.82, 2.24) is 9.97 Å². The van der Waals surface area contributed by atoms with Crippen LogP contribution >= 0.6 is 0 Å². The first kappa shape index (κ1) is 16.7. The zero-order chi connectivity index (χ0) is 15.9. The lowest BCUT2D eigenvalue weighted by atomic mass is 9.79. The van der Waals surface area contributed by atoms with Gasteiger partial charge in [0.1, 0.15) is 0 Å². The molecular formula is C20H28N2. The number of benzene rings is 1. The number of aromatic nitrogens is 2. The van der Waals surface area contributed by atoms with Crippen LogP contribution in [0.15, 0.2) is 36.7 Å². The van der Waals surface area contributed by atoms with E-state index in [1.165, 1.54) is 31.2 Å². The van der Waals surface area contributed by atoms with Gasteiger partial charge in [-0.05, 0) is 42.7 Å². The minimum Gasteiger partial charge on any atom is -0.236 e. The lowest BCUT2D eigenvalue weighted by Gasteiger charge is -2.26. The quantitative estimate of drug-likeness (QED) is 0.703. The van der Waals surface area contributed by atoms with E-state index in [-0.39, 0.29) is 0 Å². The summed E-state index contributed by atoms with van der Waals surface area (Å²) in [5.41, 5.74) is 3.69. The molecule has 0 saturated heterocycles. The average Bonchev–Trinajstić information content (AvgIpc) is 2.58. The molecule has 2 heteroatoms. The predicted octanol–water partition coefficient (Wildman–Crippen LogP) is 5.77. The summed E-state index contributed by atoms with van der Waals surface area (Å²) in [6.45, 7) is 8.38. The summed E-state index contributed by atoms with van der Waals surface area (Å²) >= 11 is 0. The fourth-order valence-electron chi connectivity index (χ4n) is 3.04. The predicted molar refractivity (Wildman–Crippen MR) is 93.9 cm³/mol. The zero-order valence-electron chi connectivity index (χ0n) is 14.3. The van der Waals surface area contributed by atoms with Gasteiger partial charge >= 0.3 is 0 Å². The second-order valence-corrected chi connectivity index (χ2v) is 6.16. The number of hydrogen-bond donors (Lipinski definition) is 0. The monoisotopic (exact) mass is 296 g/mol. The van der Waals surface area contributed by atoms with E-state index >= 15 is 0 Å². The van der Waals surface area contributed by atoms with Crippen molar-refractivity contribution in [2.45, 2.75) is 59.3 Å². The Morgan fingerprint density at radius 3 is 1.95 bits per heavy atom. The van der Waals surface area contributed by atoms with Crippen molar-refractivity contribution in [2.75, 3.05) is 0 Å². The van der Waals surface area contributed by atoms with E-state index in [4.69, 9.17) is 0 Å². The molecule has 0 N–H and O–H groups in total. The summed E-state index contributed by atoms with van der Waals surface area (Å²) in [7, 11) is 0. The van der Waals surface area contributed by atoms with E-state index < -0.39 is 0 Å². The summed E-state index contributed by atoms with van der Waals surface area (Å²) < 4.78 is 0. The molecule has 1 heterocycles. The normalized spacial score (nSPS) is 20.9. The molecule has 1 aliphatic carbocycles. The smallest absolute Gasteiger partial charge is 0.159 e. The number of hydrogen-bond acceptors (Lipinski definition) is 2. The van der Waals surface area contributed by atoms with Gasteiger partial charge in [0, 0.05) is 18.0 Å². The van der Waals surface area contributed by atoms with E-state index in [1.54, 1.807) is 0 Å². The van der Waals surface area contributed by atoms with Crippen LogP contribution in [0.25, 0.3) is 11.4 Å². The van der Waals surface area contributed by atoms with Crippen LogP contribution in [-0.2, 0) is 0 Å². The van der Waals surface area contributed by atoms with Crippen LogP contribution in [0.3, 0.4) is 0 Å². The van der Waals surface area contributed by atoms with Gasteiger partial charge in [-0.1, -0.05) is 57.9 Å². The van der Waals surface area contributed by atoms with Crippen molar-refractivity contribution in [1.29, 1.82) is 0 Å². The highest BCUT2D eigenvalue weighted by molar-refractivity contribution is 5.55. The van der Waals surface area contributed by atoms with Crippen molar-refractivity contribution in [3.8, 4) is 11.4 Å². The minimum atomic E-state index is 0.749. The largest absolute Gasteiger partial charge is 0.236 e. The number of nitrogens with zero attached hydrogens (tertiary/aromatic N) is 2. The molecule has 0 bridgehead atoms. The van der Waals surface area contributed by atoms with Crippen LogP contribution in [0.1, 0.15) is 63.5 Å². The Morgan fingerprint density at radius 1 is 0.864 bits per heavy atom. The van der Waals surface area contributed by atoms with Crippen molar-refractivity contribution in [2.24, 2.45) is 5.92 Å². The summed E-state index contributed by atoms with van der Waals surface area (Å²) in [6.07, 6.45) is 9.15. The molecule has 0 atom stereocenters. The molecule has 0 aliphatic heterocycles. The maximum absolute atomic E-state index is 4.39. The molecule has 1 saturated carbocycles. The molecule has 3 rings (SSSR count). The van der Waals surface area contributed by atoms with Gasteiger partial charge in [-0.25, -0.2) is 9.97 Å². The van der Waals surface area contributed by atoms with Crippen molar-refractivity contribution in [3.63, 3.8) is 0 Å². The molecular weight excluding hydrogens is 268 g/mol. The molecule has 1 fully saturated rings. The third-order valence-electron chi connectivity index (χ3n) is 4.44. The highest BCUT2D eigenvalue weighted by atomic mass is 14.9. The summed E-state index contributed by atoms with van der Waals surface area (Å²) in [6, 6.07) is 8.86. The van der Waals surface area contributed by atoms with Crippen LogP contribution in [0.5, 0.6) is 0 Å². The van der Waals surface area contributed by atoms with E-state index in [1.807, 2.05) is 33.2 Å². The summed E-state index contributed by atoms with van der Waals surface area (Å²) in [5.74, 6) is 2.48. The van der Waals surface area contributed by atoms with Crippen LogP contribution in [0, 0.1) is 12.8 Å². The van der Waals surface area contributed by atoms with Gasteiger partial charge in [-0.3, -0.25) is 0 Å². The Balaban J connectivity index is 0.000000847. The number of aryl methyl sites for hydroxylation is 1. The third kappa shape index (κ3) is 4.16. The van der Waals surface area contributed by atoms with Crippen molar-refractivity contribution in [3.05, 3.63) is 47.8 Å². The second kappa shape index (κ2) is 8.07. The Hall–Kier alpha value is -1.70. The Kier molecular flexibility index (Phi) is 6.11. The van der Waals surface area contributed by atoms with Crippen LogP contribution in [0.2, 0.25) is 0 Å². The zero-order valence-corrected chi connectivity index (χ0v) is 14.3. The Morgan fingerprint density at radius 2 is 1.41 bits per heavy atom. The van der Waals surface area contributed by atoms with E-state index in [2.05, 4.69) is 41.2 Å². The molecule has 2 aromatic rings. The average molecular weight is 296 g/mol. The Labute approximate surface area is 135 Å². The first-order valence-corrected chi connectivity index (χ1v) is 8.61. The molecule has 118 valence electrons. The highest BCUT2D eigenvalue weighted by Gasteiger charge is 2.19. The van der Waals surface area contributed by atoms with Gasteiger partial charge in [-0.2, -0.15) is 0 Å². The fourth-order valence-corrected chi connectivity index (χ4v) is 3.04. The van der Waals surface area contributed by atoms with Gasteiger partial charge in [0.15, 0.2) is 5.82 Å².